The number of hydrogen-bond donors (Lipinski definition) is 2. The molecule has 0 bridgehead atoms. The van der Waals surface area contributed by atoms with Gasteiger partial charge in [0.2, 0.25) is 0 Å². The molecule has 6 nitrogen and oxygen atoms in total. The van der Waals surface area contributed by atoms with E-state index in [4.69, 9.17) is 9.47 Å². The normalized spacial score (nSPS) is 14.9. The van der Waals surface area contributed by atoms with E-state index in [1.54, 1.807) is 36.4 Å². The van der Waals surface area contributed by atoms with Crippen molar-refractivity contribution in [2.45, 2.75) is 58.2 Å². The van der Waals surface area contributed by atoms with Gasteiger partial charge in [0.1, 0.15) is 11.9 Å². The Kier molecular flexibility index (Phi) is 7.85. The Bertz CT molecular complexity index is 827. The third-order valence-corrected chi connectivity index (χ3v) is 5.16. The number of benzene rings is 2. The summed E-state index contributed by atoms with van der Waals surface area (Å²) >= 11 is 0. The van der Waals surface area contributed by atoms with Crippen molar-refractivity contribution in [2.24, 2.45) is 0 Å². The Morgan fingerprint density at radius 1 is 0.933 bits per heavy atom. The van der Waals surface area contributed by atoms with Crippen molar-refractivity contribution in [2.75, 3.05) is 17.2 Å². The van der Waals surface area contributed by atoms with Gasteiger partial charge in [0.25, 0.3) is 11.8 Å². The lowest BCUT2D eigenvalue weighted by Crippen LogP contribution is -2.32. The second-order valence-corrected chi connectivity index (χ2v) is 7.42. The summed E-state index contributed by atoms with van der Waals surface area (Å²) in [5.74, 6) is 0.405. The number of ether oxygens (including phenoxy) is 2. The van der Waals surface area contributed by atoms with E-state index >= 15 is 0 Å². The van der Waals surface area contributed by atoms with E-state index < -0.39 is 6.10 Å². The molecule has 1 saturated carbocycles. The summed E-state index contributed by atoms with van der Waals surface area (Å²) in [5.41, 5.74) is 1.85. The monoisotopic (exact) mass is 410 g/mol. The molecule has 2 aromatic rings. The van der Waals surface area contributed by atoms with E-state index in [0.717, 1.165) is 18.6 Å². The number of hydrogen-bond acceptors (Lipinski definition) is 4. The molecule has 2 aromatic carbocycles. The molecule has 1 aliphatic carbocycles. The molecule has 0 spiro atoms. The molecule has 2 N–H and O–H groups in total. The lowest BCUT2D eigenvalue weighted by molar-refractivity contribution is -0.131. The fourth-order valence-corrected chi connectivity index (χ4v) is 3.53. The fourth-order valence-electron chi connectivity index (χ4n) is 3.53. The van der Waals surface area contributed by atoms with E-state index in [9.17, 15) is 9.59 Å². The zero-order valence-electron chi connectivity index (χ0n) is 17.6. The first-order chi connectivity index (χ1) is 14.6. The van der Waals surface area contributed by atoms with Crippen LogP contribution in [0.25, 0.3) is 0 Å². The standard InChI is InChI=1S/C24H30N2O4/c1-3-22(30-21-7-5-6-8-21)24(28)26-18-11-9-17(10-12-18)23(27)25-19-13-15-20(16-14-19)29-4-2/h9-16,21-22H,3-8H2,1-2H3,(H,25,27)(H,26,28). The molecule has 0 radical (unpaired) electrons. The quantitative estimate of drug-likeness (QED) is 0.609. The van der Waals surface area contributed by atoms with Crippen LogP contribution in [0.15, 0.2) is 48.5 Å². The van der Waals surface area contributed by atoms with Gasteiger partial charge in [0, 0.05) is 16.9 Å². The predicted molar refractivity (Wildman–Crippen MR) is 118 cm³/mol. The van der Waals surface area contributed by atoms with E-state index in [1.807, 2.05) is 26.0 Å². The maximum atomic E-state index is 12.5. The molecular formula is C24H30N2O4. The minimum atomic E-state index is -0.448. The van der Waals surface area contributed by atoms with Crippen LogP contribution >= 0.6 is 0 Å². The summed E-state index contributed by atoms with van der Waals surface area (Å²) in [4.78, 5) is 25.0. The SMILES string of the molecule is CCOc1ccc(NC(=O)c2ccc(NC(=O)C(CC)OC3CCCC3)cc2)cc1. The van der Waals surface area contributed by atoms with Crippen LogP contribution in [0.1, 0.15) is 56.3 Å². The van der Waals surface area contributed by atoms with Gasteiger partial charge < -0.3 is 20.1 Å². The third-order valence-electron chi connectivity index (χ3n) is 5.16. The fraction of sp³-hybridized carbons (Fsp3) is 0.417. The highest BCUT2D eigenvalue weighted by Crippen LogP contribution is 2.23. The highest BCUT2D eigenvalue weighted by molar-refractivity contribution is 6.04. The summed E-state index contributed by atoms with van der Waals surface area (Å²) < 4.78 is 11.4. The van der Waals surface area contributed by atoms with Crippen LogP contribution in [-0.4, -0.2) is 30.6 Å². The summed E-state index contributed by atoms with van der Waals surface area (Å²) in [6.45, 7) is 4.47. The largest absolute Gasteiger partial charge is 0.494 e. The first-order valence-electron chi connectivity index (χ1n) is 10.7. The van der Waals surface area contributed by atoms with Crippen LogP contribution in [0.5, 0.6) is 5.75 Å². The van der Waals surface area contributed by atoms with Crippen LogP contribution < -0.4 is 15.4 Å². The molecule has 0 aromatic heterocycles. The molecule has 30 heavy (non-hydrogen) atoms. The van der Waals surface area contributed by atoms with Crippen LogP contribution in [0.2, 0.25) is 0 Å². The predicted octanol–water partition coefficient (Wildman–Crippen LogP) is 5.01. The minimum Gasteiger partial charge on any atom is -0.494 e. The number of rotatable bonds is 9. The zero-order chi connectivity index (χ0) is 21.3. The van der Waals surface area contributed by atoms with E-state index in [1.165, 1.54) is 12.8 Å². The first-order valence-corrected chi connectivity index (χ1v) is 10.7. The van der Waals surface area contributed by atoms with Crippen LogP contribution in [0.4, 0.5) is 11.4 Å². The Morgan fingerprint density at radius 3 is 2.13 bits per heavy atom. The molecule has 1 aliphatic rings. The van der Waals surface area contributed by atoms with E-state index in [0.29, 0.717) is 30.0 Å². The van der Waals surface area contributed by atoms with Gasteiger partial charge in [-0.2, -0.15) is 0 Å². The molecule has 0 heterocycles. The van der Waals surface area contributed by atoms with Crippen molar-refractivity contribution in [3.8, 4) is 5.75 Å². The third kappa shape index (κ3) is 6.07. The second kappa shape index (κ2) is 10.8. The van der Waals surface area contributed by atoms with Gasteiger partial charge in [-0.25, -0.2) is 0 Å². The average molecular weight is 411 g/mol. The Balaban J connectivity index is 1.54. The second-order valence-electron chi connectivity index (χ2n) is 7.42. The molecule has 160 valence electrons. The van der Waals surface area contributed by atoms with Gasteiger partial charge in [0.15, 0.2) is 0 Å². The summed E-state index contributed by atoms with van der Waals surface area (Å²) in [6.07, 6.45) is 4.77. The highest BCUT2D eigenvalue weighted by atomic mass is 16.5. The van der Waals surface area contributed by atoms with Crippen molar-refractivity contribution < 1.29 is 19.1 Å². The first kappa shape index (κ1) is 21.8. The molecule has 2 amide bonds. The lowest BCUT2D eigenvalue weighted by atomic mass is 10.1. The minimum absolute atomic E-state index is 0.143. The molecular weight excluding hydrogens is 380 g/mol. The van der Waals surface area contributed by atoms with E-state index in [2.05, 4.69) is 10.6 Å². The van der Waals surface area contributed by atoms with Crippen LogP contribution in [0.3, 0.4) is 0 Å². The van der Waals surface area contributed by atoms with Gasteiger partial charge in [-0.05, 0) is 74.7 Å². The van der Waals surface area contributed by atoms with Gasteiger partial charge >= 0.3 is 0 Å². The number of amides is 2. The summed E-state index contributed by atoms with van der Waals surface area (Å²) in [7, 11) is 0. The number of carbonyl (C=O) groups is 2. The average Bonchev–Trinajstić information content (AvgIpc) is 3.27. The van der Waals surface area contributed by atoms with Crippen LogP contribution in [-0.2, 0) is 9.53 Å². The molecule has 1 atom stereocenters. The van der Waals surface area contributed by atoms with Crippen molar-refractivity contribution in [1.82, 2.24) is 0 Å². The topological polar surface area (TPSA) is 76.7 Å². The molecule has 6 heteroatoms. The van der Waals surface area contributed by atoms with Gasteiger partial charge in [-0.15, -0.1) is 0 Å². The highest BCUT2D eigenvalue weighted by Gasteiger charge is 2.24. The van der Waals surface area contributed by atoms with Gasteiger partial charge in [0.05, 0.1) is 12.7 Å². The van der Waals surface area contributed by atoms with E-state index in [-0.39, 0.29) is 17.9 Å². The Morgan fingerprint density at radius 2 is 1.53 bits per heavy atom. The van der Waals surface area contributed by atoms with Crippen molar-refractivity contribution in [1.29, 1.82) is 0 Å². The van der Waals surface area contributed by atoms with Crippen molar-refractivity contribution in [3.05, 3.63) is 54.1 Å². The van der Waals surface area contributed by atoms with Gasteiger partial charge in [-0.1, -0.05) is 19.8 Å². The molecule has 1 fully saturated rings. The Hall–Kier alpha value is -2.86. The molecule has 0 aliphatic heterocycles. The Labute approximate surface area is 178 Å². The maximum absolute atomic E-state index is 12.5. The number of anilines is 2. The number of carbonyl (C=O) groups excluding carboxylic acids is 2. The molecule has 3 rings (SSSR count). The van der Waals surface area contributed by atoms with Crippen LogP contribution in [0, 0.1) is 0 Å². The smallest absolute Gasteiger partial charge is 0.255 e. The summed E-state index contributed by atoms with van der Waals surface area (Å²) in [6, 6.07) is 14.1. The summed E-state index contributed by atoms with van der Waals surface area (Å²) in [5, 5.41) is 5.75. The maximum Gasteiger partial charge on any atom is 0.255 e. The molecule has 1 unspecified atom stereocenters. The lowest BCUT2D eigenvalue weighted by Gasteiger charge is -2.20. The number of nitrogens with one attached hydrogen (secondary N) is 2. The van der Waals surface area contributed by atoms with Crippen molar-refractivity contribution in [3.63, 3.8) is 0 Å². The molecule has 0 saturated heterocycles. The zero-order valence-corrected chi connectivity index (χ0v) is 17.6. The van der Waals surface area contributed by atoms with Gasteiger partial charge in [-0.3, -0.25) is 9.59 Å². The van der Waals surface area contributed by atoms with Crippen molar-refractivity contribution >= 4 is 23.2 Å².